The number of benzene rings is 2. The van der Waals surface area contributed by atoms with Gasteiger partial charge in [-0.05, 0) is 23.8 Å². The molecule has 98 valence electrons. The summed E-state index contributed by atoms with van der Waals surface area (Å²) in [6.07, 6.45) is 6.34. The third kappa shape index (κ3) is 2.54. The zero-order valence-corrected chi connectivity index (χ0v) is 11.5. The van der Waals surface area contributed by atoms with Crippen LogP contribution in [0, 0.1) is 0 Å². The van der Waals surface area contributed by atoms with E-state index in [-0.39, 0.29) is 0 Å². The first-order chi connectivity index (χ1) is 9.84. The molecule has 0 amide bonds. The van der Waals surface area contributed by atoms with Crippen molar-refractivity contribution >= 4 is 12.2 Å². The summed E-state index contributed by atoms with van der Waals surface area (Å²) in [5, 5.41) is 0. The second kappa shape index (κ2) is 5.57. The van der Waals surface area contributed by atoms with Crippen LogP contribution in [0.5, 0.6) is 0 Å². The highest BCUT2D eigenvalue weighted by molar-refractivity contribution is 5.68. The summed E-state index contributed by atoms with van der Waals surface area (Å²) in [7, 11) is 2.05. The van der Waals surface area contributed by atoms with Gasteiger partial charge in [0.1, 0.15) is 11.4 Å². The SMILES string of the molecule is C[n+]1ccc(C=Cc2ccccc2)n1-c1ccccc1. The average Bonchev–Trinajstić information content (AvgIpc) is 2.88. The third-order valence-corrected chi connectivity index (χ3v) is 3.27. The van der Waals surface area contributed by atoms with E-state index in [1.54, 1.807) is 0 Å². The zero-order chi connectivity index (χ0) is 13.8. The van der Waals surface area contributed by atoms with Gasteiger partial charge in [0.05, 0.1) is 0 Å². The lowest BCUT2D eigenvalue weighted by molar-refractivity contribution is -0.744. The summed E-state index contributed by atoms with van der Waals surface area (Å²) in [5.74, 6) is 0. The second-order valence-electron chi connectivity index (χ2n) is 4.71. The molecule has 0 bridgehead atoms. The number of nitrogens with zero attached hydrogens (tertiary/aromatic N) is 2. The summed E-state index contributed by atoms with van der Waals surface area (Å²) in [4.78, 5) is 0. The molecule has 0 aliphatic carbocycles. The number of hydrogen-bond donors (Lipinski definition) is 0. The fourth-order valence-corrected chi connectivity index (χ4v) is 2.28. The van der Waals surface area contributed by atoms with Gasteiger partial charge in [-0.3, -0.25) is 0 Å². The quantitative estimate of drug-likeness (QED) is 0.638. The van der Waals surface area contributed by atoms with Crippen LogP contribution in [0.4, 0.5) is 0 Å². The number of hydrogen-bond acceptors (Lipinski definition) is 0. The van der Waals surface area contributed by atoms with Gasteiger partial charge < -0.3 is 0 Å². The van der Waals surface area contributed by atoms with Gasteiger partial charge in [-0.15, -0.1) is 9.36 Å². The Morgan fingerprint density at radius 2 is 1.45 bits per heavy atom. The smallest absolute Gasteiger partial charge is 0.121 e. The molecule has 1 aromatic heterocycles. The van der Waals surface area contributed by atoms with Crippen molar-refractivity contribution in [3.63, 3.8) is 0 Å². The van der Waals surface area contributed by atoms with Gasteiger partial charge >= 0.3 is 0 Å². The standard InChI is InChI=1S/C18H17N2/c1-19-15-14-18(13-12-16-8-4-2-5-9-16)20(19)17-10-6-3-7-11-17/h2-15H,1H3/q+1. The van der Waals surface area contributed by atoms with E-state index in [1.165, 1.54) is 5.56 Å². The minimum atomic E-state index is 1.16. The predicted molar refractivity (Wildman–Crippen MR) is 82.3 cm³/mol. The molecule has 1 heterocycles. The molecule has 20 heavy (non-hydrogen) atoms. The maximum Gasteiger partial charge on any atom is 0.196 e. The van der Waals surface area contributed by atoms with Crippen LogP contribution in [-0.2, 0) is 7.05 Å². The van der Waals surface area contributed by atoms with E-state index < -0.39 is 0 Å². The van der Waals surface area contributed by atoms with Gasteiger partial charge in [0.2, 0.25) is 0 Å². The van der Waals surface area contributed by atoms with E-state index in [0.717, 1.165) is 11.4 Å². The Balaban J connectivity index is 1.98. The summed E-state index contributed by atoms with van der Waals surface area (Å²) >= 11 is 0. The molecule has 2 heteroatoms. The van der Waals surface area contributed by atoms with E-state index in [9.17, 15) is 0 Å². The number of aryl methyl sites for hydroxylation is 1. The number of aromatic nitrogens is 2. The first-order valence-corrected chi connectivity index (χ1v) is 6.71. The van der Waals surface area contributed by atoms with Gasteiger partial charge in [0.25, 0.3) is 0 Å². The highest BCUT2D eigenvalue weighted by atomic mass is 15.4. The minimum Gasteiger partial charge on any atom is -0.121 e. The van der Waals surface area contributed by atoms with Gasteiger partial charge in [0, 0.05) is 6.07 Å². The maximum atomic E-state index is 2.18. The fourth-order valence-electron chi connectivity index (χ4n) is 2.28. The average molecular weight is 261 g/mol. The van der Waals surface area contributed by atoms with Crippen molar-refractivity contribution in [2.45, 2.75) is 0 Å². The van der Waals surface area contributed by atoms with Crippen LogP contribution in [0.2, 0.25) is 0 Å². The lowest BCUT2D eigenvalue weighted by atomic mass is 10.2. The number of rotatable bonds is 3. The molecule has 0 spiro atoms. The number of para-hydroxylation sites is 1. The monoisotopic (exact) mass is 261 g/mol. The summed E-state index contributed by atoms with van der Waals surface area (Å²) in [6.45, 7) is 0. The van der Waals surface area contributed by atoms with Crippen LogP contribution in [0.1, 0.15) is 11.3 Å². The Kier molecular flexibility index (Phi) is 3.46. The summed E-state index contributed by atoms with van der Waals surface area (Å²) < 4.78 is 4.26. The van der Waals surface area contributed by atoms with Crippen molar-refractivity contribution in [2.75, 3.05) is 0 Å². The highest BCUT2D eigenvalue weighted by Crippen LogP contribution is 2.12. The Bertz CT molecular complexity index is 710. The van der Waals surface area contributed by atoms with Crippen LogP contribution in [-0.4, -0.2) is 4.68 Å². The molecule has 2 aromatic carbocycles. The van der Waals surface area contributed by atoms with Crippen molar-refractivity contribution in [3.8, 4) is 5.69 Å². The van der Waals surface area contributed by atoms with Crippen LogP contribution < -0.4 is 4.68 Å². The largest absolute Gasteiger partial charge is 0.196 e. The van der Waals surface area contributed by atoms with E-state index in [0.29, 0.717) is 0 Å². The third-order valence-electron chi connectivity index (χ3n) is 3.27. The van der Waals surface area contributed by atoms with Crippen LogP contribution in [0.25, 0.3) is 17.8 Å². The molecule has 0 atom stereocenters. The maximum absolute atomic E-state index is 2.18. The molecule has 0 aliphatic rings. The molecular formula is C18H17N2+. The normalized spacial score (nSPS) is 11.1. The van der Waals surface area contributed by atoms with E-state index in [2.05, 4.69) is 82.3 Å². The molecule has 0 N–H and O–H groups in total. The van der Waals surface area contributed by atoms with Gasteiger partial charge in [-0.1, -0.05) is 54.6 Å². The Hall–Kier alpha value is -2.61. The molecule has 0 saturated heterocycles. The Labute approximate surface area is 119 Å². The lowest BCUT2D eigenvalue weighted by Crippen LogP contribution is -2.37. The van der Waals surface area contributed by atoms with Crippen molar-refractivity contribution in [2.24, 2.45) is 7.05 Å². The molecule has 2 nitrogen and oxygen atoms in total. The molecule has 0 unspecified atom stereocenters. The van der Waals surface area contributed by atoms with E-state index in [1.807, 2.05) is 19.2 Å². The molecule has 0 fully saturated rings. The highest BCUT2D eigenvalue weighted by Gasteiger charge is 2.10. The van der Waals surface area contributed by atoms with Crippen molar-refractivity contribution in [1.82, 2.24) is 4.68 Å². The van der Waals surface area contributed by atoms with Gasteiger partial charge in [-0.25, -0.2) is 0 Å². The molecule has 0 radical (unpaired) electrons. The van der Waals surface area contributed by atoms with Crippen LogP contribution in [0.15, 0.2) is 72.9 Å². The molecule has 0 saturated carbocycles. The molecule has 3 rings (SSSR count). The molecule has 0 aliphatic heterocycles. The summed E-state index contributed by atoms with van der Waals surface area (Å²) in [6, 6.07) is 22.8. The van der Waals surface area contributed by atoms with Gasteiger partial charge in [0.15, 0.2) is 13.2 Å². The second-order valence-corrected chi connectivity index (χ2v) is 4.71. The van der Waals surface area contributed by atoms with E-state index in [4.69, 9.17) is 0 Å². The first kappa shape index (κ1) is 12.4. The lowest BCUT2D eigenvalue weighted by Gasteiger charge is -2.02. The first-order valence-electron chi connectivity index (χ1n) is 6.71. The molecule has 3 aromatic rings. The zero-order valence-electron chi connectivity index (χ0n) is 11.5. The van der Waals surface area contributed by atoms with Crippen molar-refractivity contribution in [1.29, 1.82) is 0 Å². The van der Waals surface area contributed by atoms with E-state index >= 15 is 0 Å². The fraction of sp³-hybridized carbons (Fsp3) is 0.0556. The molecular weight excluding hydrogens is 244 g/mol. The Morgan fingerprint density at radius 1 is 0.800 bits per heavy atom. The van der Waals surface area contributed by atoms with Crippen molar-refractivity contribution in [3.05, 3.63) is 84.2 Å². The summed E-state index contributed by atoms with van der Waals surface area (Å²) in [5.41, 5.74) is 3.52. The predicted octanol–water partition coefficient (Wildman–Crippen LogP) is 3.47. The Morgan fingerprint density at radius 3 is 2.15 bits per heavy atom. The van der Waals surface area contributed by atoms with Crippen LogP contribution in [0.3, 0.4) is 0 Å². The minimum absolute atomic E-state index is 1.16. The van der Waals surface area contributed by atoms with Crippen LogP contribution >= 0.6 is 0 Å². The van der Waals surface area contributed by atoms with Crippen molar-refractivity contribution < 1.29 is 4.68 Å². The topological polar surface area (TPSA) is 8.81 Å². The van der Waals surface area contributed by atoms with Gasteiger partial charge in [-0.2, -0.15) is 0 Å².